The number of aromatic nitrogens is 1. The van der Waals surface area contributed by atoms with Gasteiger partial charge >= 0.3 is 0 Å². The van der Waals surface area contributed by atoms with Gasteiger partial charge in [-0.15, -0.1) is 0 Å². The van der Waals surface area contributed by atoms with Gasteiger partial charge in [-0.3, -0.25) is 0 Å². The van der Waals surface area contributed by atoms with Crippen LogP contribution in [-0.4, -0.2) is 17.5 Å². The van der Waals surface area contributed by atoms with Crippen molar-refractivity contribution in [1.29, 1.82) is 0 Å². The molecule has 20 heavy (non-hydrogen) atoms. The zero-order valence-corrected chi connectivity index (χ0v) is 11.7. The largest absolute Gasteiger partial charge is 0.439 e. The lowest BCUT2D eigenvalue weighted by Crippen LogP contribution is -2.32. The minimum atomic E-state index is 0.345. The summed E-state index contributed by atoms with van der Waals surface area (Å²) in [5.74, 6) is 1.73. The zero-order valence-electron chi connectivity index (χ0n) is 11.7. The third kappa shape index (κ3) is 4.12. The summed E-state index contributed by atoms with van der Waals surface area (Å²) in [6, 6.07) is 9.85. The topological polar surface area (TPSA) is 76.4 Å². The molecular weight excluding hydrogens is 252 g/mol. The van der Waals surface area contributed by atoms with Crippen LogP contribution in [0.1, 0.15) is 25.7 Å². The van der Waals surface area contributed by atoms with Crippen molar-refractivity contribution in [3.63, 3.8) is 0 Å². The molecule has 0 atom stereocenters. The number of benzene rings is 1. The Morgan fingerprint density at radius 3 is 2.90 bits per heavy atom. The van der Waals surface area contributed by atoms with Crippen molar-refractivity contribution < 1.29 is 4.42 Å². The van der Waals surface area contributed by atoms with Crippen molar-refractivity contribution in [2.24, 2.45) is 10.7 Å². The van der Waals surface area contributed by atoms with E-state index in [-0.39, 0.29) is 0 Å². The van der Waals surface area contributed by atoms with Gasteiger partial charge in [-0.25, -0.2) is 9.98 Å². The molecule has 0 aliphatic heterocycles. The number of unbranched alkanes of at least 4 members (excludes halogenated alkanes) is 1. The predicted molar refractivity (Wildman–Crippen MR) is 80.2 cm³/mol. The molecule has 0 fully saturated rings. The van der Waals surface area contributed by atoms with Gasteiger partial charge in [0.25, 0.3) is 0 Å². The second-order valence-electron chi connectivity index (χ2n) is 4.47. The van der Waals surface area contributed by atoms with Crippen molar-refractivity contribution in [3.05, 3.63) is 42.4 Å². The van der Waals surface area contributed by atoms with Gasteiger partial charge in [0, 0.05) is 12.1 Å². The summed E-state index contributed by atoms with van der Waals surface area (Å²) in [5, 5.41) is 3.05. The Balaban J connectivity index is 1.91. The first kappa shape index (κ1) is 14.1. The fraction of sp³-hybridized carbons (Fsp3) is 0.333. The molecule has 2 aromatic rings. The molecule has 0 amide bonds. The van der Waals surface area contributed by atoms with E-state index in [4.69, 9.17) is 10.2 Å². The number of hydrogen-bond acceptors (Lipinski definition) is 3. The number of guanidine groups is 1. The fourth-order valence-corrected chi connectivity index (χ4v) is 1.72. The van der Waals surface area contributed by atoms with E-state index in [1.165, 1.54) is 0 Å². The van der Waals surface area contributed by atoms with Gasteiger partial charge in [-0.2, -0.15) is 0 Å². The fourth-order valence-electron chi connectivity index (χ4n) is 1.72. The number of hydrogen-bond donors (Lipinski definition) is 2. The van der Waals surface area contributed by atoms with Crippen LogP contribution < -0.4 is 11.1 Å². The SMILES string of the molecule is CCCCNC(N)=NCc1ncc(-c2ccccc2)o1. The molecule has 0 aliphatic rings. The number of oxazole rings is 1. The van der Waals surface area contributed by atoms with E-state index >= 15 is 0 Å². The summed E-state index contributed by atoms with van der Waals surface area (Å²) in [6.07, 6.45) is 3.91. The lowest BCUT2D eigenvalue weighted by atomic mass is 10.2. The lowest BCUT2D eigenvalue weighted by molar-refractivity contribution is 0.509. The van der Waals surface area contributed by atoms with E-state index in [1.807, 2.05) is 30.3 Å². The van der Waals surface area contributed by atoms with Crippen LogP contribution in [0.3, 0.4) is 0 Å². The maximum atomic E-state index is 5.75. The molecule has 5 nitrogen and oxygen atoms in total. The molecule has 0 unspecified atom stereocenters. The monoisotopic (exact) mass is 272 g/mol. The Morgan fingerprint density at radius 2 is 2.15 bits per heavy atom. The maximum Gasteiger partial charge on any atom is 0.216 e. The average Bonchev–Trinajstić information content (AvgIpc) is 2.95. The van der Waals surface area contributed by atoms with E-state index in [0.717, 1.165) is 30.7 Å². The van der Waals surface area contributed by atoms with Gasteiger partial charge in [0.2, 0.25) is 5.89 Å². The summed E-state index contributed by atoms with van der Waals surface area (Å²) in [4.78, 5) is 8.40. The smallest absolute Gasteiger partial charge is 0.216 e. The lowest BCUT2D eigenvalue weighted by Gasteiger charge is -2.02. The van der Waals surface area contributed by atoms with Crippen molar-refractivity contribution >= 4 is 5.96 Å². The molecule has 0 bridgehead atoms. The molecule has 0 aliphatic carbocycles. The third-order valence-corrected chi connectivity index (χ3v) is 2.83. The zero-order chi connectivity index (χ0) is 14.2. The molecule has 5 heteroatoms. The van der Waals surface area contributed by atoms with Crippen LogP contribution in [-0.2, 0) is 6.54 Å². The van der Waals surface area contributed by atoms with E-state index in [0.29, 0.717) is 18.4 Å². The average molecular weight is 272 g/mol. The van der Waals surface area contributed by atoms with Crippen LogP contribution in [0.4, 0.5) is 0 Å². The van der Waals surface area contributed by atoms with Gasteiger partial charge in [0.05, 0.1) is 6.20 Å². The molecule has 0 radical (unpaired) electrons. The summed E-state index contributed by atoms with van der Waals surface area (Å²) >= 11 is 0. The van der Waals surface area contributed by atoms with E-state index in [9.17, 15) is 0 Å². The third-order valence-electron chi connectivity index (χ3n) is 2.83. The summed E-state index contributed by atoms with van der Waals surface area (Å²) in [7, 11) is 0. The Bertz CT molecular complexity index is 548. The molecule has 1 aromatic carbocycles. The van der Waals surface area contributed by atoms with Crippen LogP contribution in [0.5, 0.6) is 0 Å². The Hall–Kier alpha value is -2.30. The first-order valence-corrected chi connectivity index (χ1v) is 6.83. The maximum absolute atomic E-state index is 5.75. The van der Waals surface area contributed by atoms with Gasteiger partial charge in [-0.1, -0.05) is 43.7 Å². The first-order valence-electron chi connectivity index (χ1n) is 6.83. The minimum Gasteiger partial charge on any atom is -0.439 e. The van der Waals surface area contributed by atoms with Gasteiger partial charge in [0.1, 0.15) is 6.54 Å². The molecule has 106 valence electrons. The van der Waals surface area contributed by atoms with E-state index < -0.39 is 0 Å². The van der Waals surface area contributed by atoms with Crippen molar-refractivity contribution in [1.82, 2.24) is 10.3 Å². The molecule has 1 aromatic heterocycles. The number of nitrogens with two attached hydrogens (primary N) is 1. The highest BCUT2D eigenvalue weighted by atomic mass is 16.4. The van der Waals surface area contributed by atoms with Crippen molar-refractivity contribution in [2.75, 3.05) is 6.54 Å². The van der Waals surface area contributed by atoms with Crippen LogP contribution in [0.25, 0.3) is 11.3 Å². The summed E-state index contributed by atoms with van der Waals surface area (Å²) in [6.45, 7) is 3.32. The van der Waals surface area contributed by atoms with Crippen LogP contribution in [0.15, 0.2) is 45.9 Å². The molecule has 2 rings (SSSR count). The highest BCUT2D eigenvalue weighted by molar-refractivity contribution is 5.77. The molecule has 1 heterocycles. The van der Waals surface area contributed by atoms with Gasteiger partial charge in [-0.05, 0) is 6.42 Å². The number of nitrogens with one attached hydrogen (secondary N) is 1. The van der Waals surface area contributed by atoms with Crippen molar-refractivity contribution in [3.8, 4) is 11.3 Å². The quantitative estimate of drug-likeness (QED) is 0.481. The van der Waals surface area contributed by atoms with E-state index in [2.05, 4.69) is 22.2 Å². The van der Waals surface area contributed by atoms with Gasteiger partial charge in [0.15, 0.2) is 11.7 Å². The number of nitrogens with zero attached hydrogens (tertiary/aromatic N) is 2. The van der Waals surface area contributed by atoms with Gasteiger partial charge < -0.3 is 15.5 Å². The second kappa shape index (κ2) is 7.33. The Kier molecular flexibility index (Phi) is 5.17. The second-order valence-corrected chi connectivity index (χ2v) is 4.47. The van der Waals surface area contributed by atoms with Crippen LogP contribution in [0.2, 0.25) is 0 Å². The summed E-state index contributed by atoms with van der Waals surface area (Å²) in [5.41, 5.74) is 6.75. The Morgan fingerprint density at radius 1 is 1.35 bits per heavy atom. The molecular formula is C15H20N4O. The normalized spacial score (nSPS) is 11.6. The van der Waals surface area contributed by atoms with Crippen LogP contribution in [0, 0.1) is 0 Å². The number of aliphatic imine (C=N–C) groups is 1. The highest BCUT2D eigenvalue weighted by Gasteiger charge is 2.05. The van der Waals surface area contributed by atoms with E-state index in [1.54, 1.807) is 6.20 Å². The molecule has 0 saturated carbocycles. The molecule has 3 N–H and O–H groups in total. The minimum absolute atomic E-state index is 0.345. The number of rotatable bonds is 6. The molecule has 0 saturated heterocycles. The van der Waals surface area contributed by atoms with Crippen molar-refractivity contribution in [2.45, 2.75) is 26.3 Å². The molecule has 0 spiro atoms. The summed E-state index contributed by atoms with van der Waals surface area (Å²) < 4.78 is 5.64. The standard InChI is InChI=1S/C15H20N4O/c1-2-3-9-17-15(16)19-11-14-18-10-13(20-14)12-7-5-4-6-8-12/h4-8,10H,2-3,9,11H2,1H3,(H3,16,17,19). The Labute approximate surface area is 118 Å². The van der Waals surface area contributed by atoms with Crippen LogP contribution >= 0.6 is 0 Å². The predicted octanol–water partition coefficient (Wildman–Crippen LogP) is 2.55. The first-order chi connectivity index (χ1) is 9.79. The highest BCUT2D eigenvalue weighted by Crippen LogP contribution is 2.19.